The minimum absolute atomic E-state index is 0.187. The molecule has 0 radical (unpaired) electrons. The summed E-state index contributed by atoms with van der Waals surface area (Å²) in [6.07, 6.45) is 3.26. The van der Waals surface area contributed by atoms with E-state index in [4.69, 9.17) is 0 Å². The molecule has 0 spiro atoms. The molecule has 3 aromatic rings. The Hall–Kier alpha value is -2.99. The van der Waals surface area contributed by atoms with Gasteiger partial charge in [-0.3, -0.25) is 9.59 Å². The second-order valence-corrected chi connectivity index (χ2v) is 5.97. The molecule has 2 N–H and O–H groups in total. The van der Waals surface area contributed by atoms with Crippen LogP contribution in [0.2, 0.25) is 0 Å². The summed E-state index contributed by atoms with van der Waals surface area (Å²) >= 11 is 1.58. The molecule has 0 aliphatic heterocycles. The second-order valence-electron chi connectivity index (χ2n) is 5.19. The molecule has 0 saturated carbocycles. The number of carbonyl (C=O) groups is 1. The van der Waals surface area contributed by atoms with Crippen molar-refractivity contribution in [1.29, 1.82) is 0 Å². The van der Waals surface area contributed by atoms with Gasteiger partial charge in [-0.15, -0.1) is 0 Å². The molecular formula is C18H15N3O2S. The first-order valence-corrected chi connectivity index (χ1v) is 8.24. The molecule has 0 bridgehead atoms. The highest BCUT2D eigenvalue weighted by Gasteiger charge is 2.03. The Morgan fingerprint density at radius 3 is 2.71 bits per heavy atom. The number of hydrogen-bond donors (Lipinski definition) is 2. The van der Waals surface area contributed by atoms with Crippen molar-refractivity contribution >= 4 is 29.0 Å². The number of aromatic amines is 1. The van der Waals surface area contributed by atoms with Gasteiger partial charge >= 0.3 is 0 Å². The van der Waals surface area contributed by atoms with E-state index < -0.39 is 0 Å². The summed E-state index contributed by atoms with van der Waals surface area (Å²) in [5.74, 6) is 0.311. The van der Waals surface area contributed by atoms with Gasteiger partial charge < -0.3 is 10.3 Å². The highest BCUT2D eigenvalue weighted by atomic mass is 32.1. The van der Waals surface area contributed by atoms with Gasteiger partial charge in [-0.1, -0.05) is 0 Å². The minimum Gasteiger partial charge on any atom is -0.323 e. The number of hydrogen-bond acceptors (Lipinski definition) is 4. The maximum atomic E-state index is 11.9. The van der Waals surface area contributed by atoms with Gasteiger partial charge in [0.05, 0.1) is 0 Å². The van der Waals surface area contributed by atoms with Crippen LogP contribution in [0.4, 0.5) is 5.69 Å². The van der Waals surface area contributed by atoms with Gasteiger partial charge in [0.15, 0.2) is 0 Å². The SMILES string of the molecule is Cc1cc(=O)[nH]c(-c2ccc(NC(=O)C=Cc3ccsc3)cc2)n1. The topological polar surface area (TPSA) is 74.8 Å². The van der Waals surface area contributed by atoms with Crippen molar-refractivity contribution in [3.05, 3.63) is 74.8 Å². The molecule has 5 nitrogen and oxygen atoms in total. The maximum Gasteiger partial charge on any atom is 0.251 e. The number of H-pyrrole nitrogens is 1. The number of aryl methyl sites for hydroxylation is 1. The van der Waals surface area contributed by atoms with Crippen LogP contribution in [-0.2, 0) is 4.79 Å². The Morgan fingerprint density at radius 2 is 2.04 bits per heavy atom. The number of nitrogens with one attached hydrogen (secondary N) is 2. The van der Waals surface area contributed by atoms with E-state index in [1.54, 1.807) is 48.6 Å². The van der Waals surface area contributed by atoms with Gasteiger partial charge in [-0.05, 0) is 59.7 Å². The van der Waals surface area contributed by atoms with Gasteiger partial charge in [0.25, 0.3) is 5.56 Å². The third-order valence-corrected chi connectivity index (χ3v) is 3.97. The quantitative estimate of drug-likeness (QED) is 0.716. The van der Waals surface area contributed by atoms with E-state index in [0.29, 0.717) is 17.2 Å². The number of carbonyl (C=O) groups excluding carboxylic acids is 1. The highest BCUT2D eigenvalue weighted by molar-refractivity contribution is 7.08. The smallest absolute Gasteiger partial charge is 0.251 e. The summed E-state index contributed by atoms with van der Waals surface area (Å²) in [4.78, 5) is 30.4. The van der Waals surface area contributed by atoms with Crippen molar-refractivity contribution in [3.8, 4) is 11.4 Å². The molecule has 1 aromatic carbocycles. The second kappa shape index (κ2) is 7.06. The number of amides is 1. The number of aromatic nitrogens is 2. The predicted molar refractivity (Wildman–Crippen MR) is 97.0 cm³/mol. The van der Waals surface area contributed by atoms with Gasteiger partial charge in [0.1, 0.15) is 5.82 Å². The van der Waals surface area contributed by atoms with Crippen LogP contribution in [0.1, 0.15) is 11.3 Å². The number of rotatable bonds is 4. The zero-order chi connectivity index (χ0) is 16.9. The lowest BCUT2D eigenvalue weighted by molar-refractivity contribution is -0.111. The molecule has 6 heteroatoms. The molecule has 0 unspecified atom stereocenters. The summed E-state index contributed by atoms with van der Waals surface area (Å²) in [5.41, 5.74) is 2.93. The molecule has 2 heterocycles. The molecule has 0 fully saturated rings. The lowest BCUT2D eigenvalue weighted by atomic mass is 10.2. The average molecular weight is 337 g/mol. The molecule has 0 aliphatic rings. The Labute approximate surface area is 142 Å². The Balaban J connectivity index is 1.70. The number of nitrogens with zero attached hydrogens (tertiary/aromatic N) is 1. The molecule has 1 amide bonds. The van der Waals surface area contributed by atoms with Crippen LogP contribution in [0.3, 0.4) is 0 Å². The zero-order valence-electron chi connectivity index (χ0n) is 12.9. The minimum atomic E-state index is -0.198. The normalized spacial score (nSPS) is 10.9. The van der Waals surface area contributed by atoms with E-state index in [-0.39, 0.29) is 11.5 Å². The third kappa shape index (κ3) is 4.05. The number of benzene rings is 1. The van der Waals surface area contributed by atoms with Crippen LogP contribution in [0, 0.1) is 6.92 Å². The molecular weight excluding hydrogens is 322 g/mol. The summed E-state index contributed by atoms with van der Waals surface area (Å²) in [5, 5.41) is 6.72. The van der Waals surface area contributed by atoms with Crippen LogP contribution in [-0.4, -0.2) is 15.9 Å². The van der Waals surface area contributed by atoms with Crippen molar-refractivity contribution in [2.45, 2.75) is 6.92 Å². The summed E-state index contributed by atoms with van der Waals surface area (Å²) in [7, 11) is 0. The zero-order valence-corrected chi connectivity index (χ0v) is 13.8. The third-order valence-electron chi connectivity index (χ3n) is 3.27. The van der Waals surface area contributed by atoms with Crippen LogP contribution in [0.25, 0.3) is 17.5 Å². The van der Waals surface area contributed by atoms with Gasteiger partial charge in [-0.25, -0.2) is 4.98 Å². The highest BCUT2D eigenvalue weighted by Crippen LogP contribution is 2.17. The molecule has 3 rings (SSSR count). The standard InChI is InChI=1S/C18H15N3O2S/c1-12-10-17(23)21-18(19-12)14-3-5-15(6-4-14)20-16(22)7-2-13-8-9-24-11-13/h2-11H,1H3,(H,20,22)(H,19,21,23). The lowest BCUT2D eigenvalue weighted by Gasteiger charge is -2.05. The van der Waals surface area contributed by atoms with Crippen molar-refractivity contribution in [3.63, 3.8) is 0 Å². The average Bonchev–Trinajstić information content (AvgIpc) is 3.06. The molecule has 120 valence electrons. The van der Waals surface area contributed by atoms with Gasteiger partial charge in [-0.2, -0.15) is 11.3 Å². The summed E-state index contributed by atoms with van der Waals surface area (Å²) < 4.78 is 0. The van der Waals surface area contributed by atoms with Crippen molar-refractivity contribution < 1.29 is 4.79 Å². The Morgan fingerprint density at radius 1 is 1.25 bits per heavy atom. The van der Waals surface area contributed by atoms with Crippen LogP contribution < -0.4 is 10.9 Å². The van der Waals surface area contributed by atoms with E-state index in [0.717, 1.165) is 11.1 Å². The van der Waals surface area contributed by atoms with E-state index >= 15 is 0 Å². The number of anilines is 1. The van der Waals surface area contributed by atoms with Crippen molar-refractivity contribution in [2.24, 2.45) is 0 Å². The van der Waals surface area contributed by atoms with E-state index in [1.165, 1.54) is 12.1 Å². The largest absolute Gasteiger partial charge is 0.323 e. The van der Waals surface area contributed by atoms with E-state index in [2.05, 4.69) is 15.3 Å². The van der Waals surface area contributed by atoms with E-state index in [9.17, 15) is 9.59 Å². The van der Waals surface area contributed by atoms with Crippen molar-refractivity contribution in [2.75, 3.05) is 5.32 Å². The summed E-state index contributed by atoms with van der Waals surface area (Å²) in [6.45, 7) is 1.77. The summed E-state index contributed by atoms with van der Waals surface area (Å²) in [6, 6.07) is 10.5. The van der Waals surface area contributed by atoms with Crippen LogP contribution >= 0.6 is 11.3 Å². The van der Waals surface area contributed by atoms with Crippen LogP contribution in [0.5, 0.6) is 0 Å². The van der Waals surface area contributed by atoms with Crippen LogP contribution in [0.15, 0.2) is 58.0 Å². The predicted octanol–water partition coefficient (Wildman–Crippen LogP) is 3.46. The lowest BCUT2D eigenvalue weighted by Crippen LogP contribution is -2.09. The fourth-order valence-electron chi connectivity index (χ4n) is 2.15. The van der Waals surface area contributed by atoms with Crippen molar-refractivity contribution in [1.82, 2.24) is 9.97 Å². The molecule has 0 atom stereocenters. The molecule has 0 aliphatic carbocycles. The van der Waals surface area contributed by atoms with E-state index in [1.807, 2.05) is 16.8 Å². The fraction of sp³-hybridized carbons (Fsp3) is 0.0556. The Bertz CT molecular complexity index is 926. The molecule has 24 heavy (non-hydrogen) atoms. The number of thiophene rings is 1. The fourth-order valence-corrected chi connectivity index (χ4v) is 2.78. The molecule has 0 saturated heterocycles. The molecule has 2 aromatic heterocycles. The van der Waals surface area contributed by atoms with Gasteiger partial charge in [0.2, 0.25) is 5.91 Å². The monoisotopic (exact) mass is 337 g/mol. The van der Waals surface area contributed by atoms with Gasteiger partial charge in [0, 0.05) is 29.1 Å². The first-order valence-electron chi connectivity index (χ1n) is 7.30. The maximum absolute atomic E-state index is 11.9. The first kappa shape index (κ1) is 15.9. The first-order chi connectivity index (χ1) is 11.6. The Kier molecular flexibility index (Phi) is 4.67.